The summed E-state index contributed by atoms with van der Waals surface area (Å²) in [5.74, 6) is 0.0300. The Kier molecular flexibility index (Phi) is 5.68. The van der Waals surface area contributed by atoms with E-state index in [9.17, 15) is 4.79 Å². The molecule has 1 aliphatic rings. The van der Waals surface area contributed by atoms with E-state index in [1.807, 2.05) is 46.1 Å². The van der Waals surface area contributed by atoms with E-state index in [-0.39, 0.29) is 11.9 Å². The van der Waals surface area contributed by atoms with Crippen molar-refractivity contribution in [3.05, 3.63) is 41.5 Å². The first kappa shape index (κ1) is 18.5. The fraction of sp³-hybridized carbons (Fsp3) is 0.526. The smallest absolute Gasteiger partial charge is 0.241 e. The fourth-order valence-corrected chi connectivity index (χ4v) is 3.38. The van der Waals surface area contributed by atoms with Gasteiger partial charge in [0.05, 0.1) is 28.8 Å². The molecule has 3 rings (SSSR count). The van der Waals surface area contributed by atoms with Gasteiger partial charge >= 0.3 is 0 Å². The summed E-state index contributed by atoms with van der Waals surface area (Å²) in [7, 11) is 1.89. The zero-order valence-electron chi connectivity index (χ0n) is 16.1. The number of carbonyl (C=O) groups is 1. The summed E-state index contributed by atoms with van der Waals surface area (Å²) in [6, 6.07) is 5.85. The average Bonchev–Trinajstić information content (AvgIpc) is 2.88. The second-order valence-electron chi connectivity index (χ2n) is 6.97. The number of nitrogens with zero attached hydrogens (tertiary/aromatic N) is 5. The zero-order chi connectivity index (χ0) is 18.7. The Morgan fingerprint density at radius 2 is 1.96 bits per heavy atom. The van der Waals surface area contributed by atoms with Gasteiger partial charge in [-0.2, -0.15) is 5.10 Å². The van der Waals surface area contributed by atoms with Crippen LogP contribution < -0.4 is 5.32 Å². The molecule has 0 radical (unpaired) electrons. The maximum absolute atomic E-state index is 12.7. The minimum atomic E-state index is -0.161. The molecule has 0 bridgehead atoms. The van der Waals surface area contributed by atoms with Gasteiger partial charge < -0.3 is 5.32 Å². The molecule has 2 aromatic rings. The molecular weight excluding hydrogens is 328 g/mol. The van der Waals surface area contributed by atoms with E-state index in [4.69, 9.17) is 0 Å². The molecule has 140 valence electrons. The summed E-state index contributed by atoms with van der Waals surface area (Å²) in [5, 5.41) is 7.42. The van der Waals surface area contributed by atoms with E-state index in [0.29, 0.717) is 0 Å². The number of amides is 1. The van der Waals surface area contributed by atoms with Gasteiger partial charge in [0.1, 0.15) is 0 Å². The Labute approximate surface area is 155 Å². The summed E-state index contributed by atoms with van der Waals surface area (Å²) >= 11 is 0. The van der Waals surface area contributed by atoms with E-state index in [2.05, 4.69) is 31.3 Å². The minimum Gasteiger partial charge on any atom is -0.322 e. The topological polar surface area (TPSA) is 66.3 Å². The highest BCUT2D eigenvalue weighted by Gasteiger charge is 2.26. The molecule has 1 atom stereocenters. The lowest BCUT2D eigenvalue weighted by Crippen LogP contribution is -2.52. The second kappa shape index (κ2) is 7.97. The quantitative estimate of drug-likeness (QED) is 0.881. The van der Waals surface area contributed by atoms with Crippen LogP contribution in [0, 0.1) is 13.8 Å². The third-order valence-electron chi connectivity index (χ3n) is 5.20. The Morgan fingerprint density at radius 3 is 2.54 bits per heavy atom. The Bertz CT molecular complexity index is 749. The molecule has 2 aromatic heterocycles. The highest BCUT2D eigenvalue weighted by molar-refractivity contribution is 5.95. The van der Waals surface area contributed by atoms with E-state index in [1.54, 1.807) is 4.68 Å². The molecule has 0 spiro atoms. The highest BCUT2D eigenvalue weighted by atomic mass is 16.2. The van der Waals surface area contributed by atoms with Crippen LogP contribution in [0.4, 0.5) is 5.69 Å². The number of pyridine rings is 1. The van der Waals surface area contributed by atoms with Crippen molar-refractivity contribution in [1.82, 2.24) is 24.6 Å². The number of hydrogen-bond acceptors (Lipinski definition) is 5. The predicted octanol–water partition coefficient (Wildman–Crippen LogP) is 1.58. The molecule has 1 N–H and O–H groups in total. The van der Waals surface area contributed by atoms with E-state index >= 15 is 0 Å². The van der Waals surface area contributed by atoms with Gasteiger partial charge in [-0.1, -0.05) is 6.07 Å². The SMILES string of the molecule is Cc1nn(C)c(C)c1NC(=O)C(C)N1CCN(Cc2ccccn2)CC1. The normalized spacial score (nSPS) is 17.2. The van der Waals surface area contributed by atoms with Crippen molar-refractivity contribution in [2.24, 2.45) is 7.05 Å². The van der Waals surface area contributed by atoms with Gasteiger partial charge in [0.25, 0.3) is 0 Å². The Balaban J connectivity index is 1.53. The summed E-state index contributed by atoms with van der Waals surface area (Å²) in [6.45, 7) is 10.4. The third-order valence-corrected chi connectivity index (χ3v) is 5.20. The van der Waals surface area contributed by atoms with Crippen LogP contribution in [-0.4, -0.2) is 62.7 Å². The number of anilines is 1. The van der Waals surface area contributed by atoms with Gasteiger partial charge in [-0.05, 0) is 32.9 Å². The standard InChI is InChI=1S/C19H28N6O/c1-14-18(15(2)23(4)22-14)21-19(26)16(3)25-11-9-24(10-12-25)13-17-7-5-6-8-20-17/h5-8,16H,9-13H2,1-4H3,(H,21,26). The monoisotopic (exact) mass is 356 g/mol. The van der Waals surface area contributed by atoms with Gasteiger partial charge in [-0.3, -0.25) is 24.3 Å². The van der Waals surface area contributed by atoms with Crippen LogP contribution in [-0.2, 0) is 18.4 Å². The zero-order valence-corrected chi connectivity index (χ0v) is 16.1. The second-order valence-corrected chi connectivity index (χ2v) is 6.97. The lowest BCUT2D eigenvalue weighted by atomic mass is 10.2. The predicted molar refractivity (Wildman–Crippen MR) is 102 cm³/mol. The number of piperazine rings is 1. The van der Waals surface area contributed by atoms with Crippen LogP contribution in [0.1, 0.15) is 24.0 Å². The number of aryl methyl sites for hydroxylation is 2. The Hall–Kier alpha value is -2.25. The van der Waals surface area contributed by atoms with Crippen LogP contribution in [0.2, 0.25) is 0 Å². The van der Waals surface area contributed by atoms with Crippen molar-refractivity contribution in [2.75, 3.05) is 31.5 Å². The molecule has 1 unspecified atom stereocenters. The highest BCUT2D eigenvalue weighted by Crippen LogP contribution is 2.19. The molecule has 0 saturated carbocycles. The number of rotatable bonds is 5. The van der Waals surface area contributed by atoms with Crippen LogP contribution in [0.25, 0.3) is 0 Å². The van der Waals surface area contributed by atoms with Gasteiger partial charge in [0.15, 0.2) is 0 Å². The van der Waals surface area contributed by atoms with Crippen LogP contribution >= 0.6 is 0 Å². The maximum atomic E-state index is 12.7. The number of aromatic nitrogens is 3. The first-order valence-corrected chi connectivity index (χ1v) is 9.13. The third kappa shape index (κ3) is 4.11. The van der Waals surface area contributed by atoms with Gasteiger partial charge in [0.2, 0.25) is 5.91 Å². The first-order valence-electron chi connectivity index (χ1n) is 9.13. The van der Waals surface area contributed by atoms with Crippen molar-refractivity contribution in [3.8, 4) is 0 Å². The molecule has 1 aliphatic heterocycles. The van der Waals surface area contributed by atoms with E-state index < -0.39 is 0 Å². The Morgan fingerprint density at radius 1 is 1.23 bits per heavy atom. The molecule has 7 nitrogen and oxygen atoms in total. The summed E-state index contributed by atoms with van der Waals surface area (Å²) in [4.78, 5) is 21.7. The first-order chi connectivity index (χ1) is 12.5. The molecule has 0 aliphatic carbocycles. The maximum Gasteiger partial charge on any atom is 0.241 e. The molecule has 7 heteroatoms. The van der Waals surface area contributed by atoms with Crippen molar-refractivity contribution >= 4 is 11.6 Å². The molecule has 1 amide bonds. The molecule has 26 heavy (non-hydrogen) atoms. The molecular formula is C19H28N6O. The van der Waals surface area contributed by atoms with Crippen molar-refractivity contribution in [2.45, 2.75) is 33.4 Å². The number of carbonyl (C=O) groups excluding carboxylic acids is 1. The van der Waals surface area contributed by atoms with Crippen molar-refractivity contribution in [1.29, 1.82) is 0 Å². The summed E-state index contributed by atoms with van der Waals surface area (Å²) in [6.07, 6.45) is 1.83. The molecule has 1 saturated heterocycles. The van der Waals surface area contributed by atoms with Gasteiger partial charge in [-0.15, -0.1) is 0 Å². The summed E-state index contributed by atoms with van der Waals surface area (Å²) < 4.78 is 1.80. The van der Waals surface area contributed by atoms with Crippen LogP contribution in [0.5, 0.6) is 0 Å². The lowest BCUT2D eigenvalue weighted by Gasteiger charge is -2.37. The molecule has 1 fully saturated rings. The molecule has 0 aromatic carbocycles. The van der Waals surface area contributed by atoms with Crippen molar-refractivity contribution < 1.29 is 4.79 Å². The average molecular weight is 356 g/mol. The summed E-state index contributed by atoms with van der Waals surface area (Å²) in [5.41, 5.74) is 3.75. The van der Waals surface area contributed by atoms with E-state index in [1.165, 1.54) is 0 Å². The van der Waals surface area contributed by atoms with Gasteiger partial charge in [-0.25, -0.2) is 0 Å². The number of nitrogens with one attached hydrogen (secondary N) is 1. The van der Waals surface area contributed by atoms with Gasteiger partial charge in [0, 0.05) is 46.0 Å². The minimum absolute atomic E-state index is 0.0300. The lowest BCUT2D eigenvalue weighted by molar-refractivity contribution is -0.121. The van der Waals surface area contributed by atoms with E-state index in [0.717, 1.165) is 55.5 Å². The van der Waals surface area contributed by atoms with Crippen LogP contribution in [0.15, 0.2) is 24.4 Å². The van der Waals surface area contributed by atoms with Crippen LogP contribution in [0.3, 0.4) is 0 Å². The largest absolute Gasteiger partial charge is 0.322 e. The van der Waals surface area contributed by atoms with Crippen molar-refractivity contribution in [3.63, 3.8) is 0 Å². The molecule has 3 heterocycles. The fourth-order valence-electron chi connectivity index (χ4n) is 3.38. The number of hydrogen-bond donors (Lipinski definition) is 1.